The minimum atomic E-state index is -0.785. The lowest BCUT2D eigenvalue weighted by Crippen LogP contribution is -2.38. The van der Waals surface area contributed by atoms with Crippen molar-refractivity contribution in [2.24, 2.45) is 4.99 Å². The Morgan fingerprint density at radius 2 is 1.72 bits per heavy atom. The van der Waals surface area contributed by atoms with Gasteiger partial charge in [-0.1, -0.05) is 18.2 Å². The van der Waals surface area contributed by atoms with Gasteiger partial charge in [0.05, 0.1) is 34.0 Å². The third-order valence-electron chi connectivity index (χ3n) is 4.47. The van der Waals surface area contributed by atoms with Gasteiger partial charge in [0.2, 0.25) is 0 Å². The van der Waals surface area contributed by atoms with Crippen LogP contribution in [0.15, 0.2) is 47.5 Å². The number of methoxy groups -OCH3 is 3. The Balaban J connectivity index is 2.15. The highest BCUT2D eigenvalue weighted by molar-refractivity contribution is 5.79. The van der Waals surface area contributed by atoms with E-state index in [-0.39, 0.29) is 6.54 Å². The number of nitrogens with one attached hydrogen (secondary N) is 1. The zero-order valence-corrected chi connectivity index (χ0v) is 17.8. The van der Waals surface area contributed by atoms with Gasteiger partial charge in [-0.05, 0) is 30.7 Å². The van der Waals surface area contributed by atoms with Crippen molar-refractivity contribution in [3.63, 3.8) is 0 Å². The molecule has 7 nitrogen and oxygen atoms in total. The molecule has 0 aliphatic heterocycles. The summed E-state index contributed by atoms with van der Waals surface area (Å²) in [5, 5.41) is 13.9. The van der Waals surface area contributed by atoms with Crippen LogP contribution in [-0.4, -0.2) is 57.4 Å². The zero-order valence-electron chi connectivity index (χ0n) is 17.8. The molecule has 158 valence electrons. The lowest BCUT2D eigenvalue weighted by Gasteiger charge is -2.23. The summed E-state index contributed by atoms with van der Waals surface area (Å²) in [5.74, 6) is 2.79. The molecular weight excluding hydrogens is 370 g/mol. The summed E-state index contributed by atoms with van der Waals surface area (Å²) in [6.07, 6.45) is -0.785. The largest absolute Gasteiger partial charge is 0.497 e. The van der Waals surface area contributed by atoms with E-state index in [1.165, 1.54) is 0 Å². The van der Waals surface area contributed by atoms with Crippen LogP contribution in [0.5, 0.6) is 17.2 Å². The molecule has 1 unspecified atom stereocenters. The van der Waals surface area contributed by atoms with E-state index in [4.69, 9.17) is 14.2 Å². The first-order valence-electron chi connectivity index (χ1n) is 9.54. The first-order valence-corrected chi connectivity index (χ1v) is 9.54. The van der Waals surface area contributed by atoms with E-state index in [2.05, 4.69) is 10.3 Å². The predicted molar refractivity (Wildman–Crippen MR) is 115 cm³/mol. The highest BCUT2D eigenvalue weighted by Gasteiger charge is 2.14. The van der Waals surface area contributed by atoms with Crippen molar-refractivity contribution in [2.45, 2.75) is 19.6 Å². The standard InChI is InChI=1S/C22H31N3O4/c1-6-23-22(25(2)15-16-9-7-8-10-21(16)29-5)24-14-20(26)17-11-18(27-3)13-19(12-17)28-4/h7-13,20,26H,6,14-15H2,1-5H3,(H,23,24). The Morgan fingerprint density at radius 1 is 1.07 bits per heavy atom. The summed E-state index contributed by atoms with van der Waals surface area (Å²) < 4.78 is 16.0. The Hall–Kier alpha value is -2.93. The number of aliphatic imine (C=N–C) groups is 1. The summed E-state index contributed by atoms with van der Waals surface area (Å²) in [7, 11) is 6.78. The van der Waals surface area contributed by atoms with Crippen molar-refractivity contribution in [2.75, 3.05) is 41.5 Å². The minimum absolute atomic E-state index is 0.203. The second kappa shape index (κ2) is 11.2. The first-order chi connectivity index (χ1) is 14.0. The molecule has 2 rings (SSSR count). The van der Waals surface area contributed by atoms with Crippen molar-refractivity contribution in [3.05, 3.63) is 53.6 Å². The Bertz CT molecular complexity index is 788. The number of hydrogen-bond acceptors (Lipinski definition) is 5. The maximum Gasteiger partial charge on any atom is 0.194 e. The molecule has 0 aliphatic carbocycles. The highest BCUT2D eigenvalue weighted by atomic mass is 16.5. The Kier molecular flexibility index (Phi) is 8.61. The fraction of sp³-hybridized carbons (Fsp3) is 0.409. The highest BCUT2D eigenvalue weighted by Crippen LogP contribution is 2.26. The van der Waals surface area contributed by atoms with Crippen molar-refractivity contribution < 1.29 is 19.3 Å². The number of nitrogens with zero attached hydrogens (tertiary/aromatic N) is 2. The van der Waals surface area contributed by atoms with E-state index in [0.717, 1.165) is 17.9 Å². The topological polar surface area (TPSA) is 75.6 Å². The number of benzene rings is 2. The minimum Gasteiger partial charge on any atom is -0.497 e. The molecule has 0 bridgehead atoms. The van der Waals surface area contributed by atoms with Crippen LogP contribution in [0.4, 0.5) is 0 Å². The van der Waals surface area contributed by atoms with Gasteiger partial charge in [0.1, 0.15) is 17.2 Å². The van der Waals surface area contributed by atoms with Gasteiger partial charge in [-0.2, -0.15) is 0 Å². The molecule has 0 aliphatic rings. The summed E-state index contributed by atoms with van der Waals surface area (Å²) in [6.45, 7) is 3.56. The van der Waals surface area contributed by atoms with Crippen LogP contribution in [-0.2, 0) is 6.54 Å². The van der Waals surface area contributed by atoms with E-state index in [1.54, 1.807) is 39.5 Å². The van der Waals surface area contributed by atoms with Gasteiger partial charge in [-0.25, -0.2) is 0 Å². The number of aliphatic hydroxyl groups is 1. The second-order valence-electron chi connectivity index (χ2n) is 6.52. The third-order valence-corrected chi connectivity index (χ3v) is 4.47. The second-order valence-corrected chi connectivity index (χ2v) is 6.52. The van der Waals surface area contributed by atoms with Gasteiger partial charge in [-0.15, -0.1) is 0 Å². The fourth-order valence-electron chi connectivity index (χ4n) is 2.93. The monoisotopic (exact) mass is 401 g/mol. The summed E-state index contributed by atoms with van der Waals surface area (Å²) in [5.41, 5.74) is 1.74. The maximum absolute atomic E-state index is 10.6. The Morgan fingerprint density at radius 3 is 2.31 bits per heavy atom. The predicted octanol–water partition coefficient (Wildman–Crippen LogP) is 2.84. The SMILES string of the molecule is CCNC(=NCC(O)c1cc(OC)cc(OC)c1)N(C)Cc1ccccc1OC. The molecule has 0 heterocycles. The normalized spacial score (nSPS) is 12.3. The van der Waals surface area contributed by atoms with Gasteiger partial charge >= 0.3 is 0 Å². The van der Waals surface area contributed by atoms with Crippen molar-refractivity contribution in [3.8, 4) is 17.2 Å². The molecule has 0 radical (unpaired) electrons. The van der Waals surface area contributed by atoms with Crippen molar-refractivity contribution in [1.82, 2.24) is 10.2 Å². The van der Waals surface area contributed by atoms with Crippen LogP contribution in [0.3, 0.4) is 0 Å². The van der Waals surface area contributed by atoms with E-state index in [1.807, 2.05) is 43.1 Å². The molecular formula is C22H31N3O4. The summed E-state index contributed by atoms with van der Waals surface area (Å²) in [4.78, 5) is 6.61. The van der Waals surface area contributed by atoms with Crippen molar-refractivity contribution in [1.29, 1.82) is 0 Å². The summed E-state index contributed by atoms with van der Waals surface area (Å²) in [6, 6.07) is 13.2. The quantitative estimate of drug-likeness (QED) is 0.497. The lowest BCUT2D eigenvalue weighted by atomic mass is 10.1. The number of hydrogen-bond donors (Lipinski definition) is 2. The van der Waals surface area contributed by atoms with Crippen LogP contribution in [0.2, 0.25) is 0 Å². The fourth-order valence-corrected chi connectivity index (χ4v) is 2.93. The van der Waals surface area contributed by atoms with Crippen LogP contribution in [0.1, 0.15) is 24.2 Å². The number of para-hydroxylation sites is 1. The molecule has 0 amide bonds. The van der Waals surface area contributed by atoms with Crippen LogP contribution < -0.4 is 19.5 Å². The van der Waals surface area contributed by atoms with E-state index < -0.39 is 6.10 Å². The molecule has 0 spiro atoms. The first kappa shape index (κ1) is 22.4. The molecule has 0 aromatic heterocycles. The maximum atomic E-state index is 10.6. The van der Waals surface area contributed by atoms with Gasteiger partial charge < -0.3 is 29.5 Å². The number of guanidine groups is 1. The Labute approximate surface area is 172 Å². The van der Waals surface area contributed by atoms with Crippen molar-refractivity contribution >= 4 is 5.96 Å². The third kappa shape index (κ3) is 6.29. The summed E-state index contributed by atoms with van der Waals surface area (Å²) >= 11 is 0. The molecule has 29 heavy (non-hydrogen) atoms. The zero-order chi connectivity index (χ0) is 21.2. The molecule has 0 saturated carbocycles. The number of rotatable bonds is 9. The van der Waals surface area contributed by atoms with Gasteiger partial charge in [-0.3, -0.25) is 4.99 Å². The number of aliphatic hydroxyl groups excluding tert-OH is 1. The van der Waals surface area contributed by atoms with E-state index in [9.17, 15) is 5.11 Å². The lowest BCUT2D eigenvalue weighted by molar-refractivity contribution is 0.185. The molecule has 2 N–H and O–H groups in total. The molecule has 2 aromatic rings. The van der Waals surface area contributed by atoms with E-state index >= 15 is 0 Å². The molecule has 2 aromatic carbocycles. The van der Waals surface area contributed by atoms with Gasteiger partial charge in [0.25, 0.3) is 0 Å². The van der Waals surface area contributed by atoms with Gasteiger partial charge in [0.15, 0.2) is 5.96 Å². The molecule has 0 fully saturated rings. The molecule has 1 atom stereocenters. The van der Waals surface area contributed by atoms with Crippen LogP contribution in [0.25, 0.3) is 0 Å². The van der Waals surface area contributed by atoms with E-state index in [0.29, 0.717) is 29.6 Å². The van der Waals surface area contributed by atoms with Crippen LogP contribution >= 0.6 is 0 Å². The molecule has 0 saturated heterocycles. The average Bonchev–Trinajstić information content (AvgIpc) is 2.76. The smallest absolute Gasteiger partial charge is 0.194 e. The van der Waals surface area contributed by atoms with Crippen LogP contribution in [0, 0.1) is 0 Å². The average molecular weight is 402 g/mol. The number of ether oxygens (including phenoxy) is 3. The van der Waals surface area contributed by atoms with Gasteiger partial charge in [0, 0.05) is 31.8 Å². The molecule has 7 heteroatoms.